The van der Waals surface area contributed by atoms with E-state index in [-0.39, 0.29) is 18.1 Å². The summed E-state index contributed by atoms with van der Waals surface area (Å²) in [6, 6.07) is 15.4. The topological polar surface area (TPSA) is 63.4 Å². The lowest BCUT2D eigenvalue weighted by Crippen LogP contribution is -2.38. The van der Waals surface area contributed by atoms with Crippen molar-refractivity contribution in [1.29, 1.82) is 0 Å². The number of fused-ring (bicyclic) bond motifs is 1. The maximum absolute atomic E-state index is 13.0. The highest BCUT2D eigenvalue weighted by Gasteiger charge is 2.28. The van der Waals surface area contributed by atoms with E-state index in [9.17, 15) is 9.59 Å². The third kappa shape index (κ3) is 3.36. The molecule has 0 spiro atoms. The highest BCUT2D eigenvalue weighted by molar-refractivity contribution is 6.09. The first-order chi connectivity index (χ1) is 13.6. The minimum Gasteiger partial charge on any atom is -0.441 e. The van der Waals surface area contributed by atoms with Gasteiger partial charge in [-0.1, -0.05) is 31.2 Å². The van der Waals surface area contributed by atoms with Crippen molar-refractivity contribution in [2.45, 2.75) is 33.1 Å². The zero-order chi connectivity index (χ0) is 19.7. The van der Waals surface area contributed by atoms with Gasteiger partial charge in [0.05, 0.1) is 17.8 Å². The first-order valence-electron chi connectivity index (χ1n) is 9.55. The molecule has 1 aliphatic rings. The molecule has 3 aromatic rings. The molecule has 1 aromatic heterocycles. The summed E-state index contributed by atoms with van der Waals surface area (Å²) in [5, 5.41) is 0. The van der Waals surface area contributed by atoms with Crippen LogP contribution in [0, 0.1) is 6.92 Å². The van der Waals surface area contributed by atoms with E-state index in [4.69, 9.17) is 4.42 Å². The largest absolute Gasteiger partial charge is 0.441 e. The zero-order valence-corrected chi connectivity index (χ0v) is 16.1. The van der Waals surface area contributed by atoms with Gasteiger partial charge in [-0.15, -0.1) is 0 Å². The van der Waals surface area contributed by atoms with Gasteiger partial charge in [0.2, 0.25) is 11.8 Å². The Morgan fingerprint density at radius 1 is 1.14 bits per heavy atom. The van der Waals surface area contributed by atoms with Gasteiger partial charge in [0.25, 0.3) is 0 Å². The Hall–Kier alpha value is -3.21. The number of carbonyl (C=O) groups is 2. The number of para-hydroxylation sites is 1. The average molecular weight is 374 g/mol. The summed E-state index contributed by atoms with van der Waals surface area (Å²) < 4.78 is 5.81. The molecule has 0 fully saturated rings. The molecule has 28 heavy (non-hydrogen) atoms. The highest BCUT2D eigenvalue weighted by atomic mass is 16.4. The number of nitrogens with zero attached hydrogens (tertiary/aromatic N) is 2. The number of ketones is 1. The van der Waals surface area contributed by atoms with Crippen molar-refractivity contribution in [1.82, 2.24) is 4.98 Å². The van der Waals surface area contributed by atoms with E-state index >= 15 is 0 Å². The summed E-state index contributed by atoms with van der Waals surface area (Å²) in [5.74, 6) is 1.17. The molecule has 2 heterocycles. The van der Waals surface area contributed by atoms with Crippen LogP contribution in [-0.4, -0.2) is 23.2 Å². The summed E-state index contributed by atoms with van der Waals surface area (Å²) in [7, 11) is 0. The number of oxazole rings is 1. The molecule has 0 saturated heterocycles. The normalized spacial score (nSPS) is 13.5. The molecule has 5 nitrogen and oxygen atoms in total. The van der Waals surface area contributed by atoms with E-state index in [1.807, 2.05) is 37.3 Å². The molecule has 142 valence electrons. The first kappa shape index (κ1) is 18.2. The van der Waals surface area contributed by atoms with Gasteiger partial charge in [0, 0.05) is 24.1 Å². The summed E-state index contributed by atoms with van der Waals surface area (Å²) in [6.07, 6.45) is 1.46. The number of hydrogen-bond acceptors (Lipinski definition) is 4. The van der Waals surface area contributed by atoms with Crippen LogP contribution >= 0.6 is 0 Å². The number of aryl methyl sites for hydroxylation is 2. The lowest BCUT2D eigenvalue weighted by Gasteiger charge is -2.28. The molecule has 1 aliphatic heterocycles. The van der Waals surface area contributed by atoms with Crippen molar-refractivity contribution < 1.29 is 14.0 Å². The molecule has 0 N–H and O–H groups in total. The first-order valence-corrected chi connectivity index (χ1v) is 9.55. The Morgan fingerprint density at radius 3 is 2.64 bits per heavy atom. The molecule has 0 aliphatic carbocycles. The third-order valence-electron chi connectivity index (χ3n) is 5.18. The van der Waals surface area contributed by atoms with Crippen LogP contribution in [0.5, 0.6) is 0 Å². The van der Waals surface area contributed by atoms with Crippen LogP contribution in [0.3, 0.4) is 0 Å². The minimum atomic E-state index is -0.0794. The number of Topliss-reactive ketones (excluding diaryl/α,β-unsaturated/α-hetero) is 1. The van der Waals surface area contributed by atoms with E-state index < -0.39 is 0 Å². The summed E-state index contributed by atoms with van der Waals surface area (Å²) >= 11 is 0. The van der Waals surface area contributed by atoms with Crippen LogP contribution in [-0.2, 0) is 17.6 Å². The molecular formula is C23H22N2O3. The van der Waals surface area contributed by atoms with Crippen LogP contribution in [0.4, 0.5) is 5.69 Å². The van der Waals surface area contributed by atoms with E-state index in [2.05, 4.69) is 24.0 Å². The fourth-order valence-corrected chi connectivity index (χ4v) is 3.51. The number of benzene rings is 2. The number of carbonyl (C=O) groups excluding carboxylic acids is 2. The Labute approximate surface area is 164 Å². The SMILES string of the molecule is CCc1ccc(-c2nc(CC(=O)N3CCC(=O)c4ccccc43)c(C)o2)cc1. The Bertz CT molecular complexity index is 1030. The van der Waals surface area contributed by atoms with Crippen molar-refractivity contribution in [3.05, 3.63) is 71.1 Å². The highest BCUT2D eigenvalue weighted by Crippen LogP contribution is 2.28. The smallest absolute Gasteiger partial charge is 0.233 e. The molecule has 5 heteroatoms. The van der Waals surface area contributed by atoms with E-state index in [0.717, 1.165) is 12.0 Å². The molecule has 0 bridgehead atoms. The second-order valence-electron chi connectivity index (χ2n) is 6.98. The van der Waals surface area contributed by atoms with Gasteiger partial charge >= 0.3 is 0 Å². The van der Waals surface area contributed by atoms with Crippen LogP contribution < -0.4 is 4.90 Å². The number of amides is 1. The van der Waals surface area contributed by atoms with E-state index in [1.165, 1.54) is 5.56 Å². The van der Waals surface area contributed by atoms with Gasteiger partial charge < -0.3 is 9.32 Å². The lowest BCUT2D eigenvalue weighted by atomic mass is 10.00. The second kappa shape index (κ2) is 7.43. The Kier molecular flexibility index (Phi) is 4.82. The van der Waals surface area contributed by atoms with E-state index in [0.29, 0.717) is 41.6 Å². The standard InChI is InChI=1S/C23H22N2O3/c1-3-16-8-10-17(11-9-16)23-24-19(15(2)28-23)14-22(27)25-13-12-21(26)18-6-4-5-7-20(18)25/h4-11H,3,12-14H2,1-2H3. The molecule has 0 saturated carbocycles. The fourth-order valence-electron chi connectivity index (χ4n) is 3.51. The Morgan fingerprint density at radius 2 is 1.89 bits per heavy atom. The zero-order valence-electron chi connectivity index (χ0n) is 16.1. The van der Waals surface area contributed by atoms with Crippen molar-refractivity contribution in [2.75, 3.05) is 11.4 Å². The number of hydrogen-bond donors (Lipinski definition) is 0. The van der Waals surface area contributed by atoms with Gasteiger partial charge in [-0.3, -0.25) is 9.59 Å². The fraction of sp³-hybridized carbons (Fsp3) is 0.261. The predicted octanol–water partition coefficient (Wildman–Crippen LogP) is 4.37. The number of rotatable bonds is 4. The van der Waals surface area contributed by atoms with Gasteiger partial charge in [0.1, 0.15) is 5.76 Å². The van der Waals surface area contributed by atoms with Crippen LogP contribution in [0.25, 0.3) is 11.5 Å². The quantitative estimate of drug-likeness (QED) is 0.680. The van der Waals surface area contributed by atoms with Crippen molar-refractivity contribution in [3.8, 4) is 11.5 Å². The minimum absolute atomic E-state index is 0.0788. The van der Waals surface area contributed by atoms with Crippen LogP contribution in [0.1, 0.15) is 40.7 Å². The number of aromatic nitrogens is 1. The average Bonchev–Trinajstić information content (AvgIpc) is 3.08. The van der Waals surface area contributed by atoms with Crippen molar-refractivity contribution in [2.24, 2.45) is 0 Å². The molecule has 1 amide bonds. The maximum Gasteiger partial charge on any atom is 0.233 e. The van der Waals surface area contributed by atoms with Crippen molar-refractivity contribution in [3.63, 3.8) is 0 Å². The maximum atomic E-state index is 13.0. The second-order valence-corrected chi connectivity index (χ2v) is 6.98. The van der Waals surface area contributed by atoms with Gasteiger partial charge in [-0.05, 0) is 43.2 Å². The summed E-state index contributed by atoms with van der Waals surface area (Å²) in [5.41, 5.74) is 4.07. The molecule has 0 unspecified atom stereocenters. The molecular weight excluding hydrogens is 352 g/mol. The van der Waals surface area contributed by atoms with Gasteiger partial charge in [-0.25, -0.2) is 4.98 Å². The summed E-state index contributed by atoms with van der Waals surface area (Å²) in [4.78, 5) is 31.3. The lowest BCUT2D eigenvalue weighted by molar-refractivity contribution is -0.118. The van der Waals surface area contributed by atoms with Crippen molar-refractivity contribution >= 4 is 17.4 Å². The predicted molar refractivity (Wildman–Crippen MR) is 108 cm³/mol. The van der Waals surface area contributed by atoms with Gasteiger partial charge in [0.15, 0.2) is 5.78 Å². The summed E-state index contributed by atoms with van der Waals surface area (Å²) in [6.45, 7) is 4.34. The molecule has 2 aromatic carbocycles. The van der Waals surface area contributed by atoms with Crippen LogP contribution in [0.2, 0.25) is 0 Å². The Balaban J connectivity index is 1.56. The molecule has 0 radical (unpaired) electrons. The third-order valence-corrected chi connectivity index (χ3v) is 5.18. The monoisotopic (exact) mass is 374 g/mol. The number of anilines is 1. The molecule has 0 atom stereocenters. The van der Waals surface area contributed by atoms with Crippen LogP contribution in [0.15, 0.2) is 52.9 Å². The van der Waals surface area contributed by atoms with Gasteiger partial charge in [-0.2, -0.15) is 0 Å². The molecule has 4 rings (SSSR count). The van der Waals surface area contributed by atoms with E-state index in [1.54, 1.807) is 11.0 Å².